The molecule has 744 valence electrons. The van der Waals surface area contributed by atoms with Gasteiger partial charge in [-0.3, -0.25) is 91.1 Å². The van der Waals surface area contributed by atoms with Crippen molar-refractivity contribution in [1.29, 1.82) is 0 Å². The van der Waals surface area contributed by atoms with Crippen LogP contribution in [0.5, 0.6) is 5.75 Å². The number of carbonyl (C=O) groups excluding carboxylic acids is 19. The number of fused-ring (bicyclic) bond motifs is 1. The lowest BCUT2D eigenvalue weighted by Crippen LogP contribution is -2.64. The molecule has 39 heteroatoms. The number of hydrogen-bond acceptors (Lipinski definition) is 23. The number of aliphatic hydroxyl groups is 1. The van der Waals surface area contributed by atoms with Gasteiger partial charge in [-0.05, 0) is 174 Å². The minimum atomic E-state index is -1.92. The van der Waals surface area contributed by atoms with Gasteiger partial charge in [-0.25, -0.2) is 0 Å². The van der Waals surface area contributed by atoms with Crippen molar-refractivity contribution in [3.8, 4) is 5.75 Å². The van der Waals surface area contributed by atoms with E-state index in [1.807, 2.05) is 39.8 Å². The minimum absolute atomic E-state index is 0. The highest BCUT2D eigenvalue weighted by Gasteiger charge is 2.44. The molecular formula is C96H144N18O21. The standard InChI is InChI=1S/C95H140N18O21.CH4/c1-51(2)43-66-50-100-70(39-40-75(96)117)80(121)79(120)56(8)102-87(128)74(47-65-49-99-69-34-28-27-33-68(65)69)109-88(129)72(46-64-35-37-67(116)38-36-64)108-85(126)60(12)106-93(134)95(16,113-90(131)73(45-63-31-25-24-26-32-63)110-91(132)76(61(13)114)111-89(130)71(44-52(3)4)107-62(14)115)42-30-23-21-19-17-18-20-22-29-41-94(15,112-86(66)127)92(133)105-59(11)84(125)104-58(10)83(124)103-57(9)82(123)101-55(7)78(119)77(118)54(6)98-48-53(5)81(97)122;/h18,20,24-28,31-38,49,51-61,66,70-74,76,98-100,114,116H,17,19,21-23,29-30,39-48,50H2,1-16H3,(H2,96,117)(H2,97,122)(H,101,123)(H,102,128)(H,103,124)(H,104,125)(H,105,133)(H,106,134)(H,107,115)(H,108,126)(H,109,129)(H,110,132)(H,111,130)(H,112,127)(H,113,131);1H4/b20-18+;/t53-,54-,55-,56?,57?,58-,59?,60?,61+,66+,70-,71-,72-,73-,74-,76-,94-,95+;/m0./s1. The number of primary amides is 2. The van der Waals surface area contributed by atoms with Crippen LogP contribution in [0.2, 0.25) is 0 Å². The molecule has 0 fully saturated rings. The zero-order valence-electron chi connectivity index (χ0n) is 79.7. The molecule has 18 atom stereocenters. The lowest BCUT2D eigenvalue weighted by atomic mass is 9.89. The van der Waals surface area contributed by atoms with Crippen molar-refractivity contribution in [1.82, 2.24) is 84.7 Å². The van der Waals surface area contributed by atoms with Crippen LogP contribution in [0.4, 0.5) is 0 Å². The van der Waals surface area contributed by atoms with Crippen LogP contribution in [-0.4, -0.2) is 236 Å². The van der Waals surface area contributed by atoms with Crippen LogP contribution in [-0.2, 0) is 110 Å². The van der Waals surface area contributed by atoms with Gasteiger partial charge in [-0.15, -0.1) is 0 Å². The summed E-state index contributed by atoms with van der Waals surface area (Å²) in [6.45, 7) is 22.9. The number of phenols is 1. The highest BCUT2D eigenvalue weighted by molar-refractivity contribution is 6.41. The van der Waals surface area contributed by atoms with Crippen LogP contribution in [0.15, 0.2) is 97.2 Å². The number of H-pyrrole nitrogens is 1. The molecule has 2 heterocycles. The van der Waals surface area contributed by atoms with E-state index < -0.39 is 226 Å². The molecule has 0 saturated heterocycles. The minimum Gasteiger partial charge on any atom is -0.508 e. The van der Waals surface area contributed by atoms with Gasteiger partial charge in [0.05, 0.1) is 36.2 Å². The van der Waals surface area contributed by atoms with Gasteiger partial charge >= 0.3 is 0 Å². The van der Waals surface area contributed by atoms with E-state index in [1.165, 1.54) is 107 Å². The number of Topliss-reactive ketones (excluding diaryl/α,β-unsaturated/α-hetero) is 4. The van der Waals surface area contributed by atoms with E-state index in [0.29, 0.717) is 59.7 Å². The number of amides is 15. The van der Waals surface area contributed by atoms with Crippen molar-refractivity contribution >= 4 is 123 Å². The van der Waals surface area contributed by atoms with Gasteiger partial charge in [0.1, 0.15) is 71.2 Å². The molecule has 4 unspecified atom stereocenters. The van der Waals surface area contributed by atoms with Crippen molar-refractivity contribution in [2.24, 2.45) is 35.1 Å². The predicted octanol–water partition coefficient (Wildman–Crippen LogP) is 1.53. The summed E-state index contributed by atoms with van der Waals surface area (Å²) in [5.74, 6) is -19.1. The van der Waals surface area contributed by atoms with E-state index in [1.54, 1.807) is 60.8 Å². The Morgan fingerprint density at radius 2 is 1.09 bits per heavy atom. The number of nitrogens with one attached hydrogen (secondary N) is 16. The molecule has 0 spiro atoms. The first-order valence-electron chi connectivity index (χ1n) is 45.8. The predicted molar refractivity (Wildman–Crippen MR) is 506 cm³/mol. The van der Waals surface area contributed by atoms with Crippen LogP contribution in [0.3, 0.4) is 0 Å². The average molecular weight is 1890 g/mol. The average Bonchev–Trinajstić information content (AvgIpc) is 1.69. The Bertz CT molecular complexity index is 4810. The first-order valence-corrected chi connectivity index (χ1v) is 45.8. The van der Waals surface area contributed by atoms with Crippen molar-refractivity contribution in [2.75, 3.05) is 13.1 Å². The summed E-state index contributed by atoms with van der Waals surface area (Å²) in [5, 5.41) is 62.0. The largest absolute Gasteiger partial charge is 0.508 e. The lowest BCUT2D eigenvalue weighted by Gasteiger charge is -2.33. The second-order valence-electron chi connectivity index (χ2n) is 36.4. The number of rotatable bonds is 36. The molecule has 15 amide bonds. The van der Waals surface area contributed by atoms with Crippen LogP contribution in [0.1, 0.15) is 218 Å². The summed E-state index contributed by atoms with van der Waals surface area (Å²) in [7, 11) is 0. The fraction of sp³-hybridized carbons (Fsp3) is 0.573. The summed E-state index contributed by atoms with van der Waals surface area (Å²) in [5.41, 5.74) is 9.24. The summed E-state index contributed by atoms with van der Waals surface area (Å²) in [4.78, 5) is 269. The van der Waals surface area contributed by atoms with E-state index in [9.17, 15) is 77.3 Å². The number of aromatic hydroxyl groups is 1. The van der Waals surface area contributed by atoms with E-state index in [4.69, 9.17) is 11.5 Å². The van der Waals surface area contributed by atoms with Gasteiger partial charge < -0.3 is 106 Å². The quantitative estimate of drug-likeness (QED) is 0.0227. The van der Waals surface area contributed by atoms with E-state index in [2.05, 4.69) is 84.7 Å². The smallest absolute Gasteiger partial charge is 0.246 e. The number of hydrogen-bond donors (Lipinski definition) is 20. The number of nitrogens with two attached hydrogens (primary N) is 2. The second kappa shape index (κ2) is 55.3. The Hall–Kier alpha value is -12.7. The summed E-state index contributed by atoms with van der Waals surface area (Å²) in [6, 6.07) is 2.48. The molecule has 1 aliphatic rings. The maximum Gasteiger partial charge on any atom is 0.246 e. The van der Waals surface area contributed by atoms with E-state index in [-0.39, 0.29) is 102 Å². The van der Waals surface area contributed by atoms with Gasteiger partial charge in [-0.1, -0.05) is 134 Å². The number of allylic oxidation sites excluding steroid dienone is 2. The van der Waals surface area contributed by atoms with Gasteiger partial charge in [0, 0.05) is 68.7 Å². The van der Waals surface area contributed by atoms with Gasteiger partial charge in [0.25, 0.3) is 0 Å². The Balaban J connectivity index is 0.0000381. The maximum atomic E-state index is 15.3. The molecule has 1 aliphatic heterocycles. The van der Waals surface area contributed by atoms with E-state index >= 15 is 24.0 Å². The van der Waals surface area contributed by atoms with Crippen molar-refractivity contribution < 1.29 is 101 Å². The molecule has 3 aromatic carbocycles. The molecule has 0 bridgehead atoms. The third-order valence-electron chi connectivity index (χ3n) is 23.3. The first-order chi connectivity index (χ1) is 62.9. The molecule has 22 N–H and O–H groups in total. The number of carbonyl (C=O) groups is 19. The lowest BCUT2D eigenvalue weighted by molar-refractivity contribution is -0.140. The number of para-hydroxylation sites is 1. The van der Waals surface area contributed by atoms with Crippen molar-refractivity contribution in [3.63, 3.8) is 0 Å². The molecule has 1 aromatic heterocycles. The molecule has 135 heavy (non-hydrogen) atoms. The van der Waals surface area contributed by atoms with E-state index in [0.717, 1.165) is 0 Å². The zero-order valence-corrected chi connectivity index (χ0v) is 79.7. The second-order valence-corrected chi connectivity index (χ2v) is 36.4. The molecule has 4 aromatic rings. The number of aromatic nitrogens is 1. The molecule has 39 nitrogen and oxygen atoms in total. The number of aromatic amines is 1. The van der Waals surface area contributed by atoms with Gasteiger partial charge in [-0.2, -0.15) is 0 Å². The van der Waals surface area contributed by atoms with Crippen LogP contribution < -0.4 is 91.2 Å². The topological polar surface area (TPSA) is 613 Å². The number of phenolic OH excluding ortho intramolecular Hbond substituents is 1. The van der Waals surface area contributed by atoms with Crippen LogP contribution in [0.25, 0.3) is 10.9 Å². The van der Waals surface area contributed by atoms with Gasteiger partial charge in [0.15, 0.2) is 0 Å². The molecule has 0 saturated carbocycles. The number of benzene rings is 3. The molecule has 5 rings (SSSR count). The Morgan fingerprint density at radius 1 is 0.526 bits per heavy atom. The SMILES string of the molecule is C.CC(=O)N[C@@H](CC(C)C)C(=O)N[C@H](C(=O)N[C@@H](Cc1ccccc1)C(=O)N[C@]1(C)CCCCCC/C=C/CCC[C@@](C)(C(=O)NC(C)C(=O)N[C@@H](C)C(=O)NC(C)C(=O)N[C@@H](C)C(=O)C(=O)[C@H](C)NC[C@H](C)C(N)=O)NC(=O)[C@H](CC(C)C)CN[C@@H](CCC(N)=O)C(=O)C(=O)C(C)NC(=O)[C@H](Cc2c[nH]c3ccccc23)NC(=O)[C@H](Cc2ccc(O)cc2)NC(=O)C(C)NC1=O)[C@@H](C)O. The number of aliphatic hydroxyl groups excluding tert-OH is 1. The Morgan fingerprint density at radius 3 is 1.68 bits per heavy atom. The Kier molecular flexibility index (Phi) is 46.9. The zero-order chi connectivity index (χ0) is 100. The number of ketones is 4. The summed E-state index contributed by atoms with van der Waals surface area (Å²) < 4.78 is 0. The molecular weight excluding hydrogens is 1740 g/mol. The summed E-state index contributed by atoms with van der Waals surface area (Å²) in [6.07, 6.45) is 5.32. The van der Waals surface area contributed by atoms with Crippen molar-refractivity contribution in [2.45, 2.75) is 317 Å². The monoisotopic (exact) mass is 1890 g/mol. The summed E-state index contributed by atoms with van der Waals surface area (Å²) >= 11 is 0. The molecule has 0 radical (unpaired) electrons. The maximum absolute atomic E-state index is 15.3. The normalized spacial score (nSPS) is 22.2. The van der Waals surface area contributed by atoms with Crippen LogP contribution in [0, 0.1) is 23.7 Å². The highest BCUT2D eigenvalue weighted by atomic mass is 16.3. The van der Waals surface area contributed by atoms with Gasteiger partial charge in [0.2, 0.25) is 112 Å². The van der Waals surface area contributed by atoms with Crippen LogP contribution >= 0.6 is 0 Å². The fourth-order valence-electron chi connectivity index (χ4n) is 14.9. The third-order valence-corrected chi connectivity index (χ3v) is 23.3. The van der Waals surface area contributed by atoms with Crippen molar-refractivity contribution in [3.05, 3.63) is 114 Å². The Labute approximate surface area is 789 Å². The third kappa shape index (κ3) is 37.6. The first kappa shape index (κ1) is 115. The highest BCUT2D eigenvalue weighted by Crippen LogP contribution is 2.25. The fourth-order valence-corrected chi connectivity index (χ4v) is 14.9. The molecule has 0 aliphatic carbocycles.